The van der Waals surface area contributed by atoms with Crippen molar-refractivity contribution < 1.29 is 23.8 Å². The summed E-state index contributed by atoms with van der Waals surface area (Å²) in [5.74, 6) is -0.0676. The first-order chi connectivity index (χ1) is 10.5. The summed E-state index contributed by atoms with van der Waals surface area (Å²) in [4.78, 5) is 22.9. The van der Waals surface area contributed by atoms with Crippen molar-refractivity contribution in [2.75, 3.05) is 0 Å². The Hall–Kier alpha value is -2.76. The van der Waals surface area contributed by atoms with E-state index in [1.54, 1.807) is 26.0 Å². The number of amides is 1. The SMILES string of the molecule is Cc1oc(CNC(=O)C(C)Oc2ccccc2)cc1C(=O)O. The lowest BCUT2D eigenvalue weighted by atomic mass is 10.2. The van der Waals surface area contributed by atoms with Crippen molar-refractivity contribution in [2.24, 2.45) is 0 Å². The second kappa shape index (κ2) is 6.80. The van der Waals surface area contributed by atoms with Gasteiger partial charge in [0.05, 0.1) is 6.54 Å². The molecule has 116 valence electrons. The van der Waals surface area contributed by atoms with Crippen LogP contribution in [0.4, 0.5) is 0 Å². The lowest BCUT2D eigenvalue weighted by Gasteiger charge is -2.14. The van der Waals surface area contributed by atoms with E-state index < -0.39 is 12.1 Å². The Kier molecular flexibility index (Phi) is 4.83. The molecule has 1 aromatic carbocycles. The molecule has 1 aromatic heterocycles. The molecule has 6 heteroatoms. The molecule has 1 unspecified atom stereocenters. The van der Waals surface area contributed by atoms with Gasteiger partial charge in [-0.1, -0.05) is 18.2 Å². The van der Waals surface area contributed by atoms with Crippen LogP contribution in [0.1, 0.15) is 28.8 Å². The molecule has 0 aliphatic carbocycles. The summed E-state index contributed by atoms with van der Waals surface area (Å²) in [5.41, 5.74) is 0.0952. The molecule has 1 amide bonds. The van der Waals surface area contributed by atoms with Gasteiger partial charge in [-0.15, -0.1) is 0 Å². The number of aromatic carboxylic acids is 1. The number of para-hydroxylation sites is 1. The highest BCUT2D eigenvalue weighted by molar-refractivity contribution is 5.88. The summed E-state index contributed by atoms with van der Waals surface area (Å²) in [7, 11) is 0. The van der Waals surface area contributed by atoms with E-state index in [-0.39, 0.29) is 18.0 Å². The number of furan rings is 1. The third-order valence-corrected chi connectivity index (χ3v) is 3.06. The van der Waals surface area contributed by atoms with Crippen LogP contribution in [-0.2, 0) is 11.3 Å². The van der Waals surface area contributed by atoms with Crippen molar-refractivity contribution in [3.8, 4) is 5.75 Å². The molecule has 0 radical (unpaired) electrons. The number of benzene rings is 1. The zero-order valence-corrected chi connectivity index (χ0v) is 12.3. The highest BCUT2D eigenvalue weighted by Crippen LogP contribution is 2.15. The summed E-state index contributed by atoms with van der Waals surface area (Å²) in [6, 6.07) is 10.4. The molecule has 0 bridgehead atoms. The summed E-state index contributed by atoms with van der Waals surface area (Å²) in [6.45, 7) is 3.31. The van der Waals surface area contributed by atoms with E-state index in [2.05, 4.69) is 5.32 Å². The van der Waals surface area contributed by atoms with E-state index in [4.69, 9.17) is 14.3 Å². The minimum absolute atomic E-state index is 0.0952. The first-order valence-corrected chi connectivity index (χ1v) is 6.79. The second-order valence-electron chi connectivity index (χ2n) is 4.78. The lowest BCUT2D eigenvalue weighted by molar-refractivity contribution is -0.127. The Bertz CT molecular complexity index is 662. The van der Waals surface area contributed by atoms with Crippen LogP contribution in [0.25, 0.3) is 0 Å². The van der Waals surface area contributed by atoms with Crippen LogP contribution >= 0.6 is 0 Å². The predicted octanol–water partition coefficient (Wildman–Crippen LogP) is 2.37. The number of nitrogens with one attached hydrogen (secondary N) is 1. The molecule has 0 aliphatic heterocycles. The number of carboxylic acids is 1. The van der Waals surface area contributed by atoms with E-state index in [1.807, 2.05) is 18.2 Å². The Labute approximate surface area is 127 Å². The maximum absolute atomic E-state index is 12.0. The van der Waals surface area contributed by atoms with Gasteiger partial charge < -0.3 is 19.6 Å². The minimum atomic E-state index is -1.06. The summed E-state index contributed by atoms with van der Waals surface area (Å²) in [6.07, 6.45) is -0.669. The van der Waals surface area contributed by atoms with Gasteiger partial charge in [0.2, 0.25) is 0 Å². The van der Waals surface area contributed by atoms with Gasteiger partial charge in [0.25, 0.3) is 5.91 Å². The lowest BCUT2D eigenvalue weighted by Crippen LogP contribution is -2.35. The molecule has 2 rings (SSSR count). The maximum Gasteiger partial charge on any atom is 0.339 e. The average Bonchev–Trinajstić information content (AvgIpc) is 2.87. The molecule has 0 spiro atoms. The van der Waals surface area contributed by atoms with Gasteiger partial charge >= 0.3 is 5.97 Å². The van der Waals surface area contributed by atoms with Crippen molar-refractivity contribution in [3.63, 3.8) is 0 Å². The standard InChI is InChI=1S/C16H17NO5/c1-10-14(16(19)20)8-13(21-10)9-17-15(18)11(2)22-12-6-4-3-5-7-12/h3-8,11H,9H2,1-2H3,(H,17,18)(H,19,20). The molecule has 1 heterocycles. The number of carbonyl (C=O) groups is 2. The number of aryl methyl sites for hydroxylation is 1. The van der Waals surface area contributed by atoms with Crippen molar-refractivity contribution >= 4 is 11.9 Å². The fourth-order valence-corrected chi connectivity index (χ4v) is 1.92. The fraction of sp³-hybridized carbons (Fsp3) is 0.250. The molecular weight excluding hydrogens is 286 g/mol. The van der Waals surface area contributed by atoms with Crippen molar-refractivity contribution in [3.05, 3.63) is 53.5 Å². The number of carbonyl (C=O) groups excluding carboxylic acids is 1. The highest BCUT2D eigenvalue weighted by Gasteiger charge is 2.17. The van der Waals surface area contributed by atoms with E-state index in [9.17, 15) is 9.59 Å². The third kappa shape index (κ3) is 3.88. The number of carboxylic acid groups (broad SMARTS) is 1. The highest BCUT2D eigenvalue weighted by atomic mass is 16.5. The molecule has 1 atom stereocenters. The number of ether oxygens (including phenoxy) is 1. The van der Waals surface area contributed by atoms with Gasteiger partial charge in [0.1, 0.15) is 22.8 Å². The second-order valence-corrected chi connectivity index (χ2v) is 4.78. The normalized spacial score (nSPS) is 11.7. The van der Waals surface area contributed by atoms with E-state index in [0.717, 1.165) is 0 Å². The summed E-state index contributed by atoms with van der Waals surface area (Å²) < 4.78 is 10.8. The Morgan fingerprint density at radius 2 is 2.00 bits per heavy atom. The monoisotopic (exact) mass is 303 g/mol. The van der Waals surface area contributed by atoms with E-state index in [0.29, 0.717) is 17.3 Å². The largest absolute Gasteiger partial charge is 0.481 e. The Morgan fingerprint density at radius 1 is 1.32 bits per heavy atom. The Balaban J connectivity index is 1.89. The van der Waals surface area contributed by atoms with Crippen LogP contribution in [0, 0.1) is 6.92 Å². The smallest absolute Gasteiger partial charge is 0.339 e. The third-order valence-electron chi connectivity index (χ3n) is 3.06. The average molecular weight is 303 g/mol. The maximum atomic E-state index is 12.0. The topological polar surface area (TPSA) is 88.8 Å². The first kappa shape index (κ1) is 15.6. The van der Waals surface area contributed by atoms with Crippen molar-refractivity contribution in [1.29, 1.82) is 0 Å². The molecule has 0 fully saturated rings. The van der Waals surface area contributed by atoms with Crippen LogP contribution in [0.2, 0.25) is 0 Å². The number of rotatable bonds is 6. The van der Waals surface area contributed by atoms with Crippen LogP contribution in [0.3, 0.4) is 0 Å². The minimum Gasteiger partial charge on any atom is -0.481 e. The van der Waals surface area contributed by atoms with Gasteiger partial charge in [0, 0.05) is 0 Å². The van der Waals surface area contributed by atoms with E-state index >= 15 is 0 Å². The molecule has 0 saturated carbocycles. The Morgan fingerprint density at radius 3 is 2.59 bits per heavy atom. The zero-order valence-electron chi connectivity index (χ0n) is 12.3. The molecule has 2 aromatic rings. The van der Waals surface area contributed by atoms with Crippen LogP contribution in [0.15, 0.2) is 40.8 Å². The van der Waals surface area contributed by atoms with Gasteiger partial charge in [-0.25, -0.2) is 4.79 Å². The van der Waals surface area contributed by atoms with E-state index in [1.165, 1.54) is 6.07 Å². The molecule has 0 saturated heterocycles. The molecule has 22 heavy (non-hydrogen) atoms. The summed E-state index contributed by atoms with van der Waals surface area (Å²) >= 11 is 0. The zero-order chi connectivity index (χ0) is 16.1. The van der Waals surface area contributed by atoms with Crippen LogP contribution in [-0.4, -0.2) is 23.1 Å². The number of hydrogen-bond acceptors (Lipinski definition) is 4. The predicted molar refractivity (Wildman–Crippen MR) is 78.8 cm³/mol. The fourth-order valence-electron chi connectivity index (χ4n) is 1.92. The van der Waals surface area contributed by atoms with Gasteiger partial charge in [-0.05, 0) is 32.0 Å². The number of hydrogen-bond donors (Lipinski definition) is 2. The van der Waals surface area contributed by atoms with Crippen LogP contribution < -0.4 is 10.1 Å². The molecular formula is C16H17NO5. The molecule has 6 nitrogen and oxygen atoms in total. The van der Waals surface area contributed by atoms with Gasteiger partial charge in [-0.3, -0.25) is 4.79 Å². The van der Waals surface area contributed by atoms with Gasteiger partial charge in [-0.2, -0.15) is 0 Å². The molecule has 2 N–H and O–H groups in total. The quantitative estimate of drug-likeness (QED) is 0.855. The summed E-state index contributed by atoms with van der Waals surface area (Å²) in [5, 5.41) is 11.6. The van der Waals surface area contributed by atoms with Gasteiger partial charge in [0.15, 0.2) is 6.10 Å². The molecule has 0 aliphatic rings. The van der Waals surface area contributed by atoms with Crippen molar-refractivity contribution in [2.45, 2.75) is 26.5 Å². The van der Waals surface area contributed by atoms with Crippen molar-refractivity contribution in [1.82, 2.24) is 5.32 Å². The first-order valence-electron chi connectivity index (χ1n) is 6.79. The van der Waals surface area contributed by atoms with Crippen LogP contribution in [0.5, 0.6) is 5.75 Å².